The monoisotopic (exact) mass is 370 g/mol. The van der Waals surface area contributed by atoms with Crippen molar-refractivity contribution in [1.82, 2.24) is 20.0 Å². The molecule has 4 heterocycles. The smallest absolute Gasteiger partial charge is 0.317 e. The van der Waals surface area contributed by atoms with Gasteiger partial charge in [0, 0.05) is 45.3 Å². The molecule has 5 heteroatoms. The number of nitrogens with one attached hydrogen (secondary N) is 1. The lowest BCUT2D eigenvalue weighted by atomic mass is 9.83. The van der Waals surface area contributed by atoms with Gasteiger partial charge in [-0.05, 0) is 56.7 Å². The maximum absolute atomic E-state index is 12.4. The summed E-state index contributed by atoms with van der Waals surface area (Å²) < 4.78 is 0. The minimum atomic E-state index is 0.128. The standard InChI is InChI=1S/C22H34N4O/c27-22(23-11-5-4-8-19-6-2-1-3-7-19)26-16-14-25(15-17-26)21-18-24-12-9-20(21)10-13-24/h1-3,6-7,20-21H,4-5,8-18H2,(H,23,27)/t21-/m1/s1. The number of carbonyl (C=O) groups excluding carboxylic acids is 1. The highest BCUT2D eigenvalue weighted by Gasteiger charge is 2.38. The quantitative estimate of drug-likeness (QED) is 0.782. The molecule has 0 aromatic heterocycles. The number of piperazine rings is 1. The molecule has 1 N–H and O–H groups in total. The van der Waals surface area contributed by atoms with Crippen molar-refractivity contribution < 1.29 is 4.79 Å². The summed E-state index contributed by atoms with van der Waals surface area (Å²) in [5.41, 5.74) is 1.38. The van der Waals surface area contributed by atoms with Gasteiger partial charge >= 0.3 is 6.03 Å². The van der Waals surface area contributed by atoms with Crippen molar-refractivity contribution in [3.8, 4) is 0 Å². The van der Waals surface area contributed by atoms with Crippen LogP contribution in [0.3, 0.4) is 0 Å². The normalized spacial score (nSPS) is 28.3. The molecular weight excluding hydrogens is 336 g/mol. The number of hydrogen-bond acceptors (Lipinski definition) is 3. The number of fused-ring (bicyclic) bond motifs is 3. The lowest BCUT2D eigenvalue weighted by Gasteiger charge is -2.50. The van der Waals surface area contributed by atoms with Gasteiger partial charge in [-0.1, -0.05) is 30.3 Å². The largest absolute Gasteiger partial charge is 0.338 e. The van der Waals surface area contributed by atoms with E-state index >= 15 is 0 Å². The zero-order valence-corrected chi connectivity index (χ0v) is 16.5. The second kappa shape index (κ2) is 9.07. The van der Waals surface area contributed by atoms with Crippen LogP contribution in [-0.2, 0) is 6.42 Å². The molecule has 0 radical (unpaired) electrons. The lowest BCUT2D eigenvalue weighted by Crippen LogP contribution is -2.62. The van der Waals surface area contributed by atoms with Crippen LogP contribution in [0.2, 0.25) is 0 Å². The Morgan fingerprint density at radius 1 is 0.963 bits per heavy atom. The zero-order valence-electron chi connectivity index (χ0n) is 16.5. The summed E-state index contributed by atoms with van der Waals surface area (Å²) in [6.07, 6.45) is 6.00. The highest BCUT2D eigenvalue weighted by atomic mass is 16.2. The minimum Gasteiger partial charge on any atom is -0.338 e. The average Bonchev–Trinajstić information content (AvgIpc) is 2.75. The minimum absolute atomic E-state index is 0.128. The maximum Gasteiger partial charge on any atom is 0.317 e. The Hall–Kier alpha value is -1.59. The van der Waals surface area contributed by atoms with Gasteiger partial charge in [0.15, 0.2) is 0 Å². The molecule has 0 spiro atoms. The molecule has 1 aromatic carbocycles. The van der Waals surface area contributed by atoms with Gasteiger partial charge in [0.2, 0.25) is 0 Å². The molecule has 1 aromatic rings. The number of piperidine rings is 3. The molecular formula is C22H34N4O. The molecule has 148 valence electrons. The van der Waals surface area contributed by atoms with E-state index in [0.29, 0.717) is 0 Å². The number of carbonyl (C=O) groups is 1. The van der Waals surface area contributed by atoms with Crippen molar-refractivity contribution in [2.45, 2.75) is 38.1 Å². The number of aryl methyl sites for hydroxylation is 1. The fraction of sp³-hybridized carbons (Fsp3) is 0.682. The predicted octanol–water partition coefficient (Wildman–Crippen LogP) is 2.43. The second-order valence-corrected chi connectivity index (χ2v) is 8.40. The molecule has 4 fully saturated rings. The van der Waals surface area contributed by atoms with Crippen LogP contribution in [0.4, 0.5) is 4.79 Å². The predicted molar refractivity (Wildman–Crippen MR) is 109 cm³/mol. The number of rotatable bonds is 6. The van der Waals surface area contributed by atoms with Crippen LogP contribution in [0.25, 0.3) is 0 Å². The van der Waals surface area contributed by atoms with Gasteiger partial charge in [0.05, 0.1) is 0 Å². The number of urea groups is 1. The Morgan fingerprint density at radius 2 is 1.70 bits per heavy atom. The number of amides is 2. The first kappa shape index (κ1) is 18.8. The first-order valence-corrected chi connectivity index (χ1v) is 10.8. The van der Waals surface area contributed by atoms with Crippen molar-refractivity contribution in [2.24, 2.45) is 5.92 Å². The Bertz CT molecular complexity index is 592. The topological polar surface area (TPSA) is 38.8 Å². The third kappa shape index (κ3) is 4.82. The molecule has 4 saturated heterocycles. The summed E-state index contributed by atoms with van der Waals surface area (Å²) in [6, 6.07) is 11.4. The van der Waals surface area contributed by atoms with Crippen LogP contribution in [0.1, 0.15) is 31.2 Å². The summed E-state index contributed by atoms with van der Waals surface area (Å²) in [6.45, 7) is 8.45. The Kier molecular flexibility index (Phi) is 6.30. The van der Waals surface area contributed by atoms with E-state index in [2.05, 4.69) is 45.4 Å². The number of benzene rings is 1. The van der Waals surface area contributed by atoms with E-state index in [1.807, 2.05) is 4.90 Å². The third-order valence-electron chi connectivity index (χ3n) is 6.70. The summed E-state index contributed by atoms with van der Waals surface area (Å²) in [7, 11) is 0. The number of unbranched alkanes of at least 4 members (excludes halogenated alkanes) is 1. The van der Waals surface area contributed by atoms with Crippen LogP contribution >= 0.6 is 0 Å². The van der Waals surface area contributed by atoms with Gasteiger partial charge in [-0.15, -0.1) is 0 Å². The van der Waals surface area contributed by atoms with Gasteiger partial charge in [-0.3, -0.25) is 4.90 Å². The van der Waals surface area contributed by atoms with Crippen molar-refractivity contribution in [2.75, 3.05) is 52.4 Å². The Labute approximate surface area is 163 Å². The SMILES string of the molecule is O=C(NCCCCc1ccccc1)N1CCN([C@@H]2CN3CCC2CC3)CC1. The van der Waals surface area contributed by atoms with E-state index in [-0.39, 0.29) is 6.03 Å². The Morgan fingerprint density at radius 3 is 2.37 bits per heavy atom. The Balaban J connectivity index is 1.12. The van der Waals surface area contributed by atoms with E-state index in [0.717, 1.165) is 63.9 Å². The van der Waals surface area contributed by atoms with Gasteiger partial charge < -0.3 is 15.1 Å². The molecule has 2 amide bonds. The molecule has 4 aliphatic heterocycles. The molecule has 1 atom stereocenters. The van der Waals surface area contributed by atoms with E-state index in [4.69, 9.17) is 0 Å². The van der Waals surface area contributed by atoms with E-state index in [9.17, 15) is 4.79 Å². The highest BCUT2D eigenvalue weighted by molar-refractivity contribution is 5.74. The first-order valence-electron chi connectivity index (χ1n) is 10.8. The van der Waals surface area contributed by atoms with Gasteiger partial charge in [0.25, 0.3) is 0 Å². The third-order valence-corrected chi connectivity index (χ3v) is 6.70. The zero-order chi connectivity index (χ0) is 18.5. The van der Waals surface area contributed by atoms with Crippen molar-refractivity contribution >= 4 is 6.03 Å². The maximum atomic E-state index is 12.4. The fourth-order valence-corrected chi connectivity index (χ4v) is 5.01. The molecule has 0 unspecified atom stereocenters. The molecule has 27 heavy (non-hydrogen) atoms. The molecule has 5 nitrogen and oxygen atoms in total. The van der Waals surface area contributed by atoms with Gasteiger partial charge in [0.1, 0.15) is 0 Å². The highest BCUT2D eigenvalue weighted by Crippen LogP contribution is 2.31. The molecule has 0 saturated carbocycles. The second-order valence-electron chi connectivity index (χ2n) is 8.40. The van der Waals surface area contributed by atoms with Crippen LogP contribution in [0.15, 0.2) is 30.3 Å². The molecule has 0 aliphatic carbocycles. The summed E-state index contributed by atoms with van der Waals surface area (Å²) in [4.78, 5) is 19.7. The summed E-state index contributed by atoms with van der Waals surface area (Å²) >= 11 is 0. The van der Waals surface area contributed by atoms with Crippen molar-refractivity contribution in [3.63, 3.8) is 0 Å². The fourth-order valence-electron chi connectivity index (χ4n) is 5.01. The van der Waals surface area contributed by atoms with E-state index < -0.39 is 0 Å². The van der Waals surface area contributed by atoms with E-state index in [1.54, 1.807) is 0 Å². The van der Waals surface area contributed by atoms with Crippen LogP contribution in [-0.4, -0.2) is 79.1 Å². The van der Waals surface area contributed by atoms with Crippen LogP contribution in [0, 0.1) is 5.92 Å². The van der Waals surface area contributed by atoms with Crippen molar-refractivity contribution in [3.05, 3.63) is 35.9 Å². The number of nitrogens with zero attached hydrogens (tertiary/aromatic N) is 3. The van der Waals surface area contributed by atoms with Gasteiger partial charge in [-0.2, -0.15) is 0 Å². The number of hydrogen-bond donors (Lipinski definition) is 1. The van der Waals surface area contributed by atoms with Gasteiger partial charge in [-0.25, -0.2) is 4.79 Å². The van der Waals surface area contributed by atoms with E-state index in [1.165, 1.54) is 38.0 Å². The molecule has 4 aliphatic rings. The first-order chi connectivity index (χ1) is 13.3. The average molecular weight is 371 g/mol. The van der Waals surface area contributed by atoms with Crippen LogP contribution in [0.5, 0.6) is 0 Å². The lowest BCUT2D eigenvalue weighted by molar-refractivity contribution is -0.0103. The summed E-state index contributed by atoms with van der Waals surface area (Å²) in [5.74, 6) is 0.889. The van der Waals surface area contributed by atoms with Crippen LogP contribution < -0.4 is 5.32 Å². The molecule has 5 rings (SSSR count). The summed E-state index contributed by atoms with van der Waals surface area (Å²) in [5, 5.41) is 3.12. The molecule has 2 bridgehead atoms. The van der Waals surface area contributed by atoms with Crippen molar-refractivity contribution in [1.29, 1.82) is 0 Å².